The third-order valence-corrected chi connectivity index (χ3v) is 4.92. The van der Waals surface area contributed by atoms with Crippen LogP contribution < -0.4 is 4.74 Å². The second-order valence-electron chi connectivity index (χ2n) is 7.42. The van der Waals surface area contributed by atoms with E-state index in [1.807, 2.05) is 30.9 Å². The molecule has 3 rings (SSSR count). The summed E-state index contributed by atoms with van der Waals surface area (Å²) in [6, 6.07) is 6.02. The van der Waals surface area contributed by atoms with Gasteiger partial charge >= 0.3 is 0 Å². The molecule has 0 saturated carbocycles. The molecule has 0 N–H and O–H groups in total. The molecule has 2 fully saturated rings. The number of carbonyl (C=O) groups excluding carboxylic acids is 1. The number of hydrogen-bond donors (Lipinski definition) is 0. The van der Waals surface area contributed by atoms with Crippen LogP contribution in [0.3, 0.4) is 0 Å². The molecule has 1 aromatic carbocycles. The van der Waals surface area contributed by atoms with Crippen molar-refractivity contribution in [2.45, 2.75) is 57.8 Å². The first-order valence-electron chi connectivity index (χ1n) is 9.22. The normalized spacial score (nSPS) is 22.8. The van der Waals surface area contributed by atoms with Crippen LogP contribution in [0.5, 0.6) is 5.75 Å². The highest BCUT2D eigenvalue weighted by atomic mass is 16.7. The Kier molecular flexibility index (Phi) is 5.64. The van der Waals surface area contributed by atoms with Gasteiger partial charge in [0.05, 0.1) is 26.2 Å². The first-order valence-corrected chi connectivity index (χ1v) is 9.22. The number of nitrogens with zero attached hydrogens (tertiary/aromatic N) is 1. The summed E-state index contributed by atoms with van der Waals surface area (Å²) in [6.45, 7) is 6.22. The standard InChI is InChI=1S/C20H29NO4/c1-20(2)24-14-17(25-20)13-16-11-15(7-8-18(16)23-3)12-19(22)21-9-5-4-6-10-21/h7-8,11,17H,4-6,9-10,12-14H2,1-3H3. The highest BCUT2D eigenvalue weighted by Crippen LogP contribution is 2.28. The minimum Gasteiger partial charge on any atom is -0.496 e. The number of rotatable bonds is 5. The van der Waals surface area contributed by atoms with Crippen molar-refractivity contribution in [3.8, 4) is 5.75 Å². The van der Waals surface area contributed by atoms with Gasteiger partial charge in [0.15, 0.2) is 5.79 Å². The molecule has 0 aliphatic carbocycles. The number of piperidine rings is 1. The van der Waals surface area contributed by atoms with Gasteiger partial charge in [-0.1, -0.05) is 12.1 Å². The molecular formula is C20H29NO4. The van der Waals surface area contributed by atoms with Crippen LogP contribution in [0.4, 0.5) is 0 Å². The molecule has 2 aliphatic heterocycles. The van der Waals surface area contributed by atoms with Crippen molar-refractivity contribution in [2.24, 2.45) is 0 Å². The summed E-state index contributed by atoms with van der Waals surface area (Å²) >= 11 is 0. The number of methoxy groups -OCH3 is 1. The van der Waals surface area contributed by atoms with Crippen molar-refractivity contribution in [1.82, 2.24) is 4.90 Å². The van der Waals surface area contributed by atoms with E-state index < -0.39 is 5.79 Å². The molecule has 138 valence electrons. The highest BCUT2D eigenvalue weighted by molar-refractivity contribution is 5.79. The SMILES string of the molecule is COc1ccc(CC(=O)N2CCCCC2)cc1CC1COC(C)(C)O1. The number of carbonyl (C=O) groups is 1. The maximum absolute atomic E-state index is 12.5. The topological polar surface area (TPSA) is 48.0 Å². The Hall–Kier alpha value is -1.59. The predicted octanol–water partition coefficient (Wildman–Crippen LogP) is 2.94. The van der Waals surface area contributed by atoms with E-state index in [1.54, 1.807) is 7.11 Å². The molecule has 5 nitrogen and oxygen atoms in total. The second-order valence-corrected chi connectivity index (χ2v) is 7.42. The number of hydrogen-bond acceptors (Lipinski definition) is 4. The lowest BCUT2D eigenvalue weighted by Crippen LogP contribution is -2.36. The fourth-order valence-corrected chi connectivity index (χ4v) is 3.64. The molecule has 25 heavy (non-hydrogen) atoms. The third kappa shape index (κ3) is 4.73. The lowest BCUT2D eigenvalue weighted by Gasteiger charge is -2.27. The lowest BCUT2D eigenvalue weighted by molar-refractivity contribution is -0.138. The van der Waals surface area contributed by atoms with Gasteiger partial charge in [-0.3, -0.25) is 4.79 Å². The average molecular weight is 347 g/mol. The van der Waals surface area contributed by atoms with Crippen LogP contribution in [0, 0.1) is 0 Å². The molecule has 0 radical (unpaired) electrons. The molecular weight excluding hydrogens is 318 g/mol. The average Bonchev–Trinajstić information content (AvgIpc) is 2.94. The zero-order valence-electron chi connectivity index (χ0n) is 15.5. The summed E-state index contributed by atoms with van der Waals surface area (Å²) in [4.78, 5) is 14.5. The van der Waals surface area contributed by atoms with Gasteiger partial charge in [-0.25, -0.2) is 0 Å². The van der Waals surface area contributed by atoms with Crippen LogP contribution in [0.25, 0.3) is 0 Å². The maximum atomic E-state index is 12.5. The molecule has 1 amide bonds. The smallest absolute Gasteiger partial charge is 0.226 e. The van der Waals surface area contributed by atoms with E-state index in [0.29, 0.717) is 13.0 Å². The van der Waals surface area contributed by atoms with Crippen molar-refractivity contribution in [2.75, 3.05) is 26.8 Å². The number of amides is 1. The van der Waals surface area contributed by atoms with Crippen LogP contribution >= 0.6 is 0 Å². The summed E-state index contributed by atoms with van der Waals surface area (Å²) in [5.41, 5.74) is 2.10. The maximum Gasteiger partial charge on any atom is 0.226 e. The number of likely N-dealkylation sites (tertiary alicyclic amines) is 1. The fraction of sp³-hybridized carbons (Fsp3) is 0.650. The third-order valence-electron chi connectivity index (χ3n) is 4.92. The molecule has 2 aliphatic rings. The van der Waals surface area contributed by atoms with E-state index in [0.717, 1.165) is 49.2 Å². The monoisotopic (exact) mass is 347 g/mol. The van der Waals surface area contributed by atoms with Crippen molar-refractivity contribution in [3.63, 3.8) is 0 Å². The summed E-state index contributed by atoms with van der Waals surface area (Å²) in [5.74, 6) is 0.527. The first kappa shape index (κ1) is 18.2. The predicted molar refractivity (Wildman–Crippen MR) is 95.7 cm³/mol. The van der Waals surface area contributed by atoms with Crippen LogP contribution in [0.2, 0.25) is 0 Å². The zero-order chi connectivity index (χ0) is 17.9. The molecule has 0 bridgehead atoms. The molecule has 0 aromatic heterocycles. The van der Waals surface area contributed by atoms with Gasteiger partial charge in [0.25, 0.3) is 0 Å². The van der Waals surface area contributed by atoms with E-state index in [9.17, 15) is 4.79 Å². The summed E-state index contributed by atoms with van der Waals surface area (Å²) in [7, 11) is 1.67. The molecule has 1 atom stereocenters. The first-order chi connectivity index (χ1) is 12.0. The quantitative estimate of drug-likeness (QED) is 0.822. The number of ether oxygens (including phenoxy) is 3. The molecule has 1 unspecified atom stereocenters. The Morgan fingerprint density at radius 2 is 2.04 bits per heavy atom. The van der Waals surface area contributed by atoms with Gasteiger partial charge in [0, 0.05) is 19.5 Å². The van der Waals surface area contributed by atoms with Crippen molar-refractivity contribution >= 4 is 5.91 Å². The van der Waals surface area contributed by atoms with E-state index in [1.165, 1.54) is 6.42 Å². The van der Waals surface area contributed by atoms with Crippen LogP contribution in [0.1, 0.15) is 44.2 Å². The molecule has 0 spiro atoms. The van der Waals surface area contributed by atoms with E-state index >= 15 is 0 Å². The summed E-state index contributed by atoms with van der Waals surface area (Å²) < 4.78 is 17.1. The van der Waals surface area contributed by atoms with Gasteiger partial charge in [0.1, 0.15) is 5.75 Å². The van der Waals surface area contributed by atoms with Crippen LogP contribution in [0.15, 0.2) is 18.2 Å². The Bertz CT molecular complexity index is 608. The lowest BCUT2D eigenvalue weighted by atomic mass is 10.0. The van der Waals surface area contributed by atoms with Crippen molar-refractivity contribution < 1.29 is 19.0 Å². The minimum atomic E-state index is -0.528. The van der Waals surface area contributed by atoms with Gasteiger partial charge < -0.3 is 19.1 Å². The van der Waals surface area contributed by atoms with Crippen LogP contribution in [-0.4, -0.2) is 49.5 Å². The summed E-state index contributed by atoms with van der Waals surface area (Å²) in [6.07, 6.45) is 4.65. The van der Waals surface area contributed by atoms with E-state index in [4.69, 9.17) is 14.2 Å². The minimum absolute atomic E-state index is 0.0111. The highest BCUT2D eigenvalue weighted by Gasteiger charge is 2.33. The Morgan fingerprint density at radius 1 is 1.28 bits per heavy atom. The molecule has 2 heterocycles. The van der Waals surface area contributed by atoms with Gasteiger partial charge in [0.2, 0.25) is 5.91 Å². The molecule has 2 saturated heterocycles. The fourth-order valence-electron chi connectivity index (χ4n) is 3.64. The zero-order valence-corrected chi connectivity index (χ0v) is 15.5. The van der Waals surface area contributed by atoms with E-state index in [-0.39, 0.29) is 12.0 Å². The molecule has 1 aromatic rings. The Balaban J connectivity index is 1.68. The molecule has 5 heteroatoms. The van der Waals surface area contributed by atoms with Crippen molar-refractivity contribution in [3.05, 3.63) is 29.3 Å². The summed E-state index contributed by atoms with van der Waals surface area (Å²) in [5, 5.41) is 0. The van der Waals surface area contributed by atoms with Crippen molar-refractivity contribution in [1.29, 1.82) is 0 Å². The van der Waals surface area contributed by atoms with E-state index in [2.05, 4.69) is 6.07 Å². The van der Waals surface area contributed by atoms with Gasteiger partial charge in [-0.2, -0.15) is 0 Å². The Labute approximate surface area is 150 Å². The van der Waals surface area contributed by atoms with Gasteiger partial charge in [-0.15, -0.1) is 0 Å². The van der Waals surface area contributed by atoms with Crippen LogP contribution in [-0.2, 0) is 27.1 Å². The largest absolute Gasteiger partial charge is 0.496 e. The van der Waals surface area contributed by atoms with Gasteiger partial charge in [-0.05, 0) is 50.3 Å². The number of benzene rings is 1. The Morgan fingerprint density at radius 3 is 2.68 bits per heavy atom. The second kappa shape index (κ2) is 7.75.